The largest absolute Gasteiger partial charge is 0.497 e. The molecule has 2 rings (SSSR count). The third-order valence-electron chi connectivity index (χ3n) is 5.23. The average molecular weight is 447 g/mol. The lowest BCUT2D eigenvalue weighted by Crippen LogP contribution is -2.49. The van der Waals surface area contributed by atoms with Crippen LogP contribution in [-0.4, -0.2) is 33.7 Å². The summed E-state index contributed by atoms with van der Waals surface area (Å²) in [6.07, 6.45) is 1.86. The standard InChI is InChI=1S/C24H34N2O4S/c1-16(2)14-22(20-10-12-21(30-6)13-11-20)25-24(27)19(5)26(31(7,28)29)23-15-17(3)8-9-18(23)4/h8-13,15-16,19,22H,14H2,1-7H3,(H,25,27)/t19-,22-/m1/s1. The number of amides is 1. The molecule has 0 aliphatic heterocycles. The lowest BCUT2D eigenvalue weighted by molar-refractivity contribution is -0.122. The molecule has 0 aromatic heterocycles. The minimum Gasteiger partial charge on any atom is -0.497 e. The predicted molar refractivity (Wildman–Crippen MR) is 126 cm³/mol. The molecule has 0 bridgehead atoms. The Morgan fingerprint density at radius 1 is 1.06 bits per heavy atom. The summed E-state index contributed by atoms with van der Waals surface area (Å²) in [5.74, 6) is 0.741. The van der Waals surface area contributed by atoms with Crippen LogP contribution in [0.2, 0.25) is 0 Å². The van der Waals surface area contributed by atoms with Crippen molar-refractivity contribution in [1.82, 2.24) is 5.32 Å². The molecule has 6 nitrogen and oxygen atoms in total. The molecular formula is C24H34N2O4S. The number of carbonyl (C=O) groups is 1. The molecule has 7 heteroatoms. The molecule has 31 heavy (non-hydrogen) atoms. The maximum Gasteiger partial charge on any atom is 0.244 e. The molecule has 0 spiro atoms. The van der Waals surface area contributed by atoms with Gasteiger partial charge in [0.1, 0.15) is 11.8 Å². The third-order valence-corrected chi connectivity index (χ3v) is 6.46. The number of nitrogens with one attached hydrogen (secondary N) is 1. The molecule has 0 radical (unpaired) electrons. The van der Waals surface area contributed by atoms with Crippen LogP contribution in [0, 0.1) is 19.8 Å². The first kappa shape index (κ1) is 24.7. The van der Waals surface area contributed by atoms with Crippen LogP contribution in [0.4, 0.5) is 5.69 Å². The van der Waals surface area contributed by atoms with Crippen LogP contribution in [0.25, 0.3) is 0 Å². The Labute approximate surface area is 186 Å². The summed E-state index contributed by atoms with van der Waals surface area (Å²) in [6, 6.07) is 12.0. The molecular weight excluding hydrogens is 412 g/mol. The molecule has 2 aromatic carbocycles. The Kier molecular flexibility index (Phi) is 8.12. The minimum absolute atomic E-state index is 0.235. The van der Waals surface area contributed by atoms with E-state index < -0.39 is 16.1 Å². The van der Waals surface area contributed by atoms with Crippen molar-refractivity contribution in [2.24, 2.45) is 5.92 Å². The van der Waals surface area contributed by atoms with Crippen LogP contribution in [0.5, 0.6) is 5.75 Å². The number of hydrogen-bond acceptors (Lipinski definition) is 4. The molecule has 2 aromatic rings. The Morgan fingerprint density at radius 2 is 1.68 bits per heavy atom. The van der Waals surface area contributed by atoms with Crippen LogP contribution in [0.15, 0.2) is 42.5 Å². The molecule has 0 saturated carbocycles. The molecule has 2 atom stereocenters. The summed E-state index contributed by atoms with van der Waals surface area (Å²) in [5.41, 5.74) is 3.20. The monoisotopic (exact) mass is 446 g/mol. The van der Waals surface area contributed by atoms with Crippen molar-refractivity contribution in [3.8, 4) is 5.75 Å². The fourth-order valence-corrected chi connectivity index (χ4v) is 4.84. The van der Waals surface area contributed by atoms with Crippen molar-refractivity contribution in [3.63, 3.8) is 0 Å². The smallest absolute Gasteiger partial charge is 0.244 e. The fraction of sp³-hybridized carbons (Fsp3) is 0.458. The van der Waals surface area contributed by atoms with E-state index in [4.69, 9.17) is 4.74 Å². The van der Waals surface area contributed by atoms with Gasteiger partial charge in [-0.2, -0.15) is 0 Å². The van der Waals surface area contributed by atoms with Crippen molar-refractivity contribution >= 4 is 21.6 Å². The second kappa shape index (κ2) is 10.2. The summed E-state index contributed by atoms with van der Waals surface area (Å²) in [6.45, 7) is 9.54. The van der Waals surface area contributed by atoms with E-state index in [2.05, 4.69) is 19.2 Å². The van der Waals surface area contributed by atoms with E-state index in [9.17, 15) is 13.2 Å². The van der Waals surface area contributed by atoms with Gasteiger partial charge in [-0.3, -0.25) is 9.10 Å². The molecule has 0 heterocycles. The van der Waals surface area contributed by atoms with Gasteiger partial charge in [0.25, 0.3) is 0 Å². The van der Waals surface area contributed by atoms with E-state index in [0.717, 1.165) is 35.1 Å². The van der Waals surface area contributed by atoms with E-state index in [1.807, 2.05) is 50.2 Å². The zero-order chi connectivity index (χ0) is 23.3. The summed E-state index contributed by atoms with van der Waals surface area (Å²) in [7, 11) is -2.07. The van der Waals surface area contributed by atoms with Gasteiger partial charge < -0.3 is 10.1 Å². The zero-order valence-corrected chi connectivity index (χ0v) is 20.3. The highest BCUT2D eigenvalue weighted by molar-refractivity contribution is 7.92. The fourth-order valence-electron chi connectivity index (χ4n) is 3.62. The molecule has 0 saturated heterocycles. The number of anilines is 1. The third kappa shape index (κ3) is 6.47. The quantitative estimate of drug-likeness (QED) is 0.621. The number of sulfonamides is 1. The van der Waals surface area contributed by atoms with Gasteiger partial charge in [0, 0.05) is 0 Å². The van der Waals surface area contributed by atoms with Crippen molar-refractivity contribution < 1.29 is 17.9 Å². The first-order chi connectivity index (χ1) is 14.4. The Balaban J connectivity index is 2.36. The second-order valence-corrected chi connectivity index (χ2v) is 10.3. The lowest BCUT2D eigenvalue weighted by Gasteiger charge is -2.31. The summed E-state index contributed by atoms with van der Waals surface area (Å²) < 4.78 is 31.8. The van der Waals surface area contributed by atoms with Crippen LogP contribution >= 0.6 is 0 Å². The first-order valence-corrected chi connectivity index (χ1v) is 12.3. The van der Waals surface area contributed by atoms with E-state index in [1.165, 1.54) is 4.31 Å². The summed E-state index contributed by atoms with van der Waals surface area (Å²) in [5, 5.41) is 3.07. The maximum absolute atomic E-state index is 13.2. The maximum atomic E-state index is 13.2. The van der Waals surface area contributed by atoms with Gasteiger partial charge >= 0.3 is 0 Å². The molecule has 1 N–H and O–H groups in total. The van der Waals surface area contributed by atoms with Crippen LogP contribution < -0.4 is 14.4 Å². The van der Waals surface area contributed by atoms with Gasteiger partial charge in [-0.1, -0.05) is 38.1 Å². The summed E-state index contributed by atoms with van der Waals surface area (Å²) >= 11 is 0. The lowest BCUT2D eigenvalue weighted by atomic mass is 9.96. The molecule has 0 unspecified atom stereocenters. The topological polar surface area (TPSA) is 75.7 Å². The van der Waals surface area contributed by atoms with Crippen molar-refractivity contribution in [3.05, 3.63) is 59.2 Å². The average Bonchev–Trinajstić information content (AvgIpc) is 2.68. The van der Waals surface area contributed by atoms with E-state index in [-0.39, 0.29) is 11.9 Å². The number of benzene rings is 2. The van der Waals surface area contributed by atoms with Crippen LogP contribution in [0.1, 0.15) is 49.9 Å². The van der Waals surface area contributed by atoms with E-state index in [1.54, 1.807) is 20.1 Å². The number of nitrogens with zero attached hydrogens (tertiary/aromatic N) is 1. The van der Waals surface area contributed by atoms with Crippen molar-refractivity contribution in [2.45, 2.75) is 53.1 Å². The van der Waals surface area contributed by atoms with Crippen molar-refractivity contribution in [1.29, 1.82) is 0 Å². The number of carbonyl (C=O) groups excluding carboxylic acids is 1. The predicted octanol–water partition coefficient (Wildman–Crippen LogP) is 4.37. The van der Waals surface area contributed by atoms with Crippen LogP contribution in [0.3, 0.4) is 0 Å². The Morgan fingerprint density at radius 3 is 2.19 bits per heavy atom. The van der Waals surface area contributed by atoms with Gasteiger partial charge in [-0.25, -0.2) is 8.42 Å². The van der Waals surface area contributed by atoms with Gasteiger partial charge in [0.15, 0.2) is 0 Å². The van der Waals surface area contributed by atoms with Crippen LogP contribution in [-0.2, 0) is 14.8 Å². The highest BCUT2D eigenvalue weighted by atomic mass is 32.2. The number of methoxy groups -OCH3 is 1. The van der Waals surface area contributed by atoms with Gasteiger partial charge in [0.05, 0.1) is 25.1 Å². The van der Waals surface area contributed by atoms with Gasteiger partial charge in [-0.05, 0) is 68.0 Å². The molecule has 0 aliphatic rings. The number of ether oxygens (including phenoxy) is 1. The highest BCUT2D eigenvalue weighted by Gasteiger charge is 2.31. The molecule has 170 valence electrons. The highest BCUT2D eigenvalue weighted by Crippen LogP contribution is 2.28. The van der Waals surface area contributed by atoms with Crippen molar-refractivity contribution in [2.75, 3.05) is 17.7 Å². The number of hydrogen-bond donors (Lipinski definition) is 1. The first-order valence-electron chi connectivity index (χ1n) is 10.4. The molecule has 0 aliphatic carbocycles. The molecule has 0 fully saturated rings. The number of aryl methyl sites for hydroxylation is 2. The zero-order valence-electron chi connectivity index (χ0n) is 19.5. The minimum atomic E-state index is -3.68. The molecule has 1 amide bonds. The second-order valence-electron chi connectivity index (χ2n) is 8.49. The normalized spacial score (nSPS) is 13.5. The van der Waals surface area contributed by atoms with Gasteiger partial charge in [-0.15, -0.1) is 0 Å². The van der Waals surface area contributed by atoms with E-state index in [0.29, 0.717) is 11.6 Å². The Hall–Kier alpha value is -2.54. The van der Waals surface area contributed by atoms with Gasteiger partial charge in [0.2, 0.25) is 15.9 Å². The Bertz CT molecular complexity index is 1000. The number of rotatable bonds is 9. The summed E-state index contributed by atoms with van der Waals surface area (Å²) in [4.78, 5) is 13.2. The SMILES string of the molecule is COc1ccc([C@@H](CC(C)C)NC(=O)[C@@H](C)N(c2cc(C)ccc2C)S(C)(=O)=O)cc1. The van der Waals surface area contributed by atoms with E-state index >= 15 is 0 Å².